The van der Waals surface area contributed by atoms with Crippen LogP contribution >= 0.6 is 0 Å². The van der Waals surface area contributed by atoms with E-state index >= 15 is 0 Å². The number of methoxy groups -OCH3 is 1. The molecule has 0 heterocycles. The van der Waals surface area contributed by atoms with E-state index in [-0.39, 0.29) is 0 Å². The summed E-state index contributed by atoms with van der Waals surface area (Å²) < 4.78 is 5.35. The van der Waals surface area contributed by atoms with Gasteiger partial charge in [-0.15, -0.1) is 0 Å². The van der Waals surface area contributed by atoms with Crippen molar-refractivity contribution in [3.63, 3.8) is 0 Å². The molecular formula is C14H20O2. The van der Waals surface area contributed by atoms with Gasteiger partial charge in [0.05, 0.1) is 13.2 Å². The van der Waals surface area contributed by atoms with E-state index in [0.29, 0.717) is 0 Å². The Balaban J connectivity index is 2.52. The highest BCUT2D eigenvalue weighted by Gasteiger charge is 2.18. The number of rotatable bonds is 2. The lowest BCUT2D eigenvalue weighted by Gasteiger charge is -2.18. The highest BCUT2D eigenvalue weighted by Crippen LogP contribution is 2.34. The van der Waals surface area contributed by atoms with Gasteiger partial charge in [-0.3, -0.25) is 0 Å². The van der Waals surface area contributed by atoms with Gasteiger partial charge < -0.3 is 9.84 Å². The Bertz CT molecular complexity index is 369. The van der Waals surface area contributed by atoms with Gasteiger partial charge in [-0.25, -0.2) is 0 Å². The zero-order valence-electron chi connectivity index (χ0n) is 10.1. The van der Waals surface area contributed by atoms with Crippen LogP contribution in [0.25, 0.3) is 0 Å². The van der Waals surface area contributed by atoms with Crippen LogP contribution in [-0.2, 0) is 12.8 Å². The summed E-state index contributed by atoms with van der Waals surface area (Å²) in [6, 6.07) is 4.15. The standard InChI is InChI=1S/C14H20O2/c1-10(15)14-12-7-5-3-4-6-11(12)8-9-13(14)16-2/h8-10,15H,3-7H2,1-2H3. The summed E-state index contributed by atoms with van der Waals surface area (Å²) in [5.41, 5.74) is 3.72. The fraction of sp³-hybridized carbons (Fsp3) is 0.571. The van der Waals surface area contributed by atoms with Crippen molar-refractivity contribution < 1.29 is 9.84 Å². The van der Waals surface area contributed by atoms with E-state index in [2.05, 4.69) is 6.07 Å². The van der Waals surface area contributed by atoms with Gasteiger partial charge in [-0.2, -0.15) is 0 Å². The lowest BCUT2D eigenvalue weighted by atomic mass is 9.93. The molecule has 16 heavy (non-hydrogen) atoms. The molecule has 0 saturated heterocycles. The average Bonchev–Trinajstić information content (AvgIpc) is 2.51. The highest BCUT2D eigenvalue weighted by atomic mass is 16.5. The second-order valence-electron chi connectivity index (χ2n) is 4.56. The fourth-order valence-corrected chi connectivity index (χ4v) is 2.65. The van der Waals surface area contributed by atoms with Crippen LogP contribution in [0.2, 0.25) is 0 Å². The molecule has 2 rings (SSSR count). The molecule has 0 spiro atoms. The SMILES string of the molecule is COc1ccc2c(c1C(C)O)CCCCC2. The third-order valence-electron chi connectivity index (χ3n) is 3.42. The van der Waals surface area contributed by atoms with Crippen LogP contribution in [0.4, 0.5) is 0 Å². The number of hydrogen-bond acceptors (Lipinski definition) is 2. The third kappa shape index (κ3) is 2.07. The summed E-state index contributed by atoms with van der Waals surface area (Å²) in [6.45, 7) is 1.82. The molecule has 1 unspecified atom stereocenters. The molecule has 0 aromatic heterocycles. The quantitative estimate of drug-likeness (QED) is 0.776. The minimum absolute atomic E-state index is 0.442. The van der Waals surface area contributed by atoms with Gasteiger partial charge in [-0.1, -0.05) is 12.5 Å². The van der Waals surface area contributed by atoms with Crippen molar-refractivity contribution in [1.82, 2.24) is 0 Å². The number of fused-ring (bicyclic) bond motifs is 1. The van der Waals surface area contributed by atoms with E-state index in [1.807, 2.05) is 13.0 Å². The number of aliphatic hydroxyl groups excluding tert-OH is 1. The van der Waals surface area contributed by atoms with E-state index < -0.39 is 6.10 Å². The first-order chi connectivity index (χ1) is 7.74. The van der Waals surface area contributed by atoms with Crippen molar-refractivity contribution in [3.05, 3.63) is 28.8 Å². The van der Waals surface area contributed by atoms with Crippen LogP contribution in [0.15, 0.2) is 12.1 Å². The van der Waals surface area contributed by atoms with Crippen molar-refractivity contribution >= 4 is 0 Å². The van der Waals surface area contributed by atoms with Crippen LogP contribution in [-0.4, -0.2) is 12.2 Å². The summed E-state index contributed by atoms with van der Waals surface area (Å²) in [5.74, 6) is 0.829. The number of hydrogen-bond donors (Lipinski definition) is 1. The molecule has 0 saturated carbocycles. The fourth-order valence-electron chi connectivity index (χ4n) is 2.65. The molecular weight excluding hydrogens is 200 g/mol. The molecule has 1 aliphatic rings. The van der Waals surface area contributed by atoms with E-state index in [1.54, 1.807) is 7.11 Å². The van der Waals surface area contributed by atoms with Gasteiger partial charge in [0.2, 0.25) is 0 Å². The maximum absolute atomic E-state index is 9.90. The Morgan fingerprint density at radius 3 is 2.62 bits per heavy atom. The first-order valence-corrected chi connectivity index (χ1v) is 6.10. The predicted octanol–water partition coefficient (Wildman–Crippen LogP) is 3.02. The van der Waals surface area contributed by atoms with E-state index in [1.165, 1.54) is 30.4 Å². The van der Waals surface area contributed by atoms with Gasteiger partial charge in [0.25, 0.3) is 0 Å². The molecule has 1 aliphatic carbocycles. The molecule has 88 valence electrons. The molecule has 0 amide bonds. The van der Waals surface area contributed by atoms with Gasteiger partial charge in [0.15, 0.2) is 0 Å². The van der Waals surface area contributed by atoms with E-state index in [9.17, 15) is 5.11 Å². The molecule has 1 aromatic carbocycles. The van der Waals surface area contributed by atoms with Gasteiger partial charge in [-0.05, 0) is 49.8 Å². The zero-order chi connectivity index (χ0) is 11.5. The Kier molecular flexibility index (Phi) is 3.49. The average molecular weight is 220 g/mol. The van der Waals surface area contributed by atoms with Crippen LogP contribution in [0.3, 0.4) is 0 Å². The zero-order valence-corrected chi connectivity index (χ0v) is 10.1. The number of ether oxygens (including phenoxy) is 1. The number of aliphatic hydroxyl groups is 1. The third-order valence-corrected chi connectivity index (χ3v) is 3.42. The minimum Gasteiger partial charge on any atom is -0.496 e. The Hall–Kier alpha value is -1.02. The van der Waals surface area contributed by atoms with Crippen LogP contribution in [0.5, 0.6) is 5.75 Å². The molecule has 1 aromatic rings. The molecule has 0 aliphatic heterocycles. The van der Waals surface area contributed by atoms with Gasteiger partial charge >= 0.3 is 0 Å². The summed E-state index contributed by atoms with van der Waals surface area (Å²) >= 11 is 0. The Morgan fingerprint density at radius 1 is 1.19 bits per heavy atom. The Morgan fingerprint density at radius 2 is 1.94 bits per heavy atom. The smallest absolute Gasteiger partial charge is 0.124 e. The molecule has 2 nitrogen and oxygen atoms in total. The lowest BCUT2D eigenvalue weighted by Crippen LogP contribution is -2.05. The first-order valence-electron chi connectivity index (χ1n) is 6.10. The summed E-state index contributed by atoms with van der Waals surface area (Å²) in [7, 11) is 1.67. The first kappa shape index (κ1) is 11.5. The summed E-state index contributed by atoms with van der Waals surface area (Å²) in [6.07, 6.45) is 5.54. The maximum atomic E-state index is 9.90. The second-order valence-corrected chi connectivity index (χ2v) is 4.56. The van der Waals surface area contributed by atoms with Gasteiger partial charge in [0, 0.05) is 5.56 Å². The summed E-state index contributed by atoms with van der Waals surface area (Å²) in [4.78, 5) is 0. The maximum Gasteiger partial charge on any atom is 0.124 e. The Labute approximate surface area is 97.3 Å². The van der Waals surface area contributed by atoms with E-state index in [0.717, 1.165) is 24.2 Å². The van der Waals surface area contributed by atoms with Crippen LogP contribution in [0, 0.1) is 0 Å². The molecule has 1 atom stereocenters. The van der Waals surface area contributed by atoms with Crippen LogP contribution < -0.4 is 4.74 Å². The van der Waals surface area contributed by atoms with Crippen LogP contribution in [0.1, 0.15) is 49.0 Å². The number of benzene rings is 1. The van der Waals surface area contributed by atoms with Crippen molar-refractivity contribution in [3.8, 4) is 5.75 Å². The molecule has 2 heteroatoms. The van der Waals surface area contributed by atoms with E-state index in [4.69, 9.17) is 4.74 Å². The van der Waals surface area contributed by atoms with Crippen molar-refractivity contribution in [1.29, 1.82) is 0 Å². The molecule has 0 fully saturated rings. The molecule has 0 radical (unpaired) electrons. The minimum atomic E-state index is -0.442. The topological polar surface area (TPSA) is 29.5 Å². The van der Waals surface area contributed by atoms with Crippen molar-refractivity contribution in [2.24, 2.45) is 0 Å². The predicted molar refractivity (Wildman–Crippen MR) is 64.9 cm³/mol. The normalized spacial score (nSPS) is 17.4. The molecule has 0 bridgehead atoms. The lowest BCUT2D eigenvalue weighted by molar-refractivity contribution is 0.193. The van der Waals surface area contributed by atoms with Crippen molar-refractivity contribution in [2.75, 3.05) is 7.11 Å². The molecule has 1 N–H and O–H groups in total. The number of aryl methyl sites for hydroxylation is 1. The largest absolute Gasteiger partial charge is 0.496 e. The van der Waals surface area contributed by atoms with Crippen molar-refractivity contribution in [2.45, 2.75) is 45.1 Å². The van der Waals surface area contributed by atoms with Gasteiger partial charge in [0.1, 0.15) is 5.75 Å². The monoisotopic (exact) mass is 220 g/mol. The summed E-state index contributed by atoms with van der Waals surface area (Å²) in [5, 5.41) is 9.90. The highest BCUT2D eigenvalue weighted by molar-refractivity contribution is 5.47. The second kappa shape index (κ2) is 4.88.